The Morgan fingerprint density at radius 3 is 2.81 bits per heavy atom. The van der Waals surface area contributed by atoms with E-state index < -0.39 is 0 Å². The average Bonchev–Trinajstić information content (AvgIpc) is 3.08. The minimum Gasteiger partial charge on any atom is -0.508 e. The van der Waals surface area contributed by atoms with E-state index in [0.29, 0.717) is 37.6 Å². The number of amides is 1. The molecule has 7 heteroatoms. The molecule has 0 saturated carbocycles. The third-order valence-electron chi connectivity index (χ3n) is 4.64. The van der Waals surface area contributed by atoms with Gasteiger partial charge in [-0.1, -0.05) is 29.8 Å². The zero-order valence-corrected chi connectivity index (χ0v) is 15.7. The lowest BCUT2D eigenvalue weighted by Crippen LogP contribution is -2.42. The number of halogens is 1. The van der Waals surface area contributed by atoms with Gasteiger partial charge in [-0.3, -0.25) is 9.69 Å². The topological polar surface area (TPSA) is 84.8 Å². The van der Waals surface area contributed by atoms with Gasteiger partial charge in [-0.05, 0) is 29.8 Å². The number of carbonyl (C=O) groups excluding carboxylic acids is 1. The van der Waals surface area contributed by atoms with Crippen molar-refractivity contribution >= 4 is 23.2 Å². The number of anilines is 1. The van der Waals surface area contributed by atoms with Crippen molar-refractivity contribution in [3.8, 4) is 5.75 Å². The summed E-state index contributed by atoms with van der Waals surface area (Å²) in [6.45, 7) is 2.30. The molecule has 1 aliphatic rings. The Morgan fingerprint density at radius 2 is 2.07 bits per heavy atom. The van der Waals surface area contributed by atoms with Gasteiger partial charge in [0, 0.05) is 48.9 Å². The van der Waals surface area contributed by atoms with Crippen molar-refractivity contribution in [2.45, 2.75) is 19.0 Å². The second-order valence-electron chi connectivity index (χ2n) is 6.63. The van der Waals surface area contributed by atoms with Crippen LogP contribution in [0.4, 0.5) is 5.69 Å². The van der Waals surface area contributed by atoms with Crippen LogP contribution in [-0.2, 0) is 17.8 Å². The first-order valence-corrected chi connectivity index (χ1v) is 9.37. The summed E-state index contributed by atoms with van der Waals surface area (Å²) in [5.74, 6) is 0.114. The normalized spacial score (nSPS) is 15.4. The molecular formula is C20H24ClN3O3. The zero-order chi connectivity index (χ0) is 19.2. The summed E-state index contributed by atoms with van der Waals surface area (Å²) in [6.07, 6.45) is 0.469. The van der Waals surface area contributed by atoms with Gasteiger partial charge in [-0.25, -0.2) is 0 Å². The molecule has 4 N–H and O–H groups in total. The van der Waals surface area contributed by atoms with E-state index in [9.17, 15) is 15.0 Å². The van der Waals surface area contributed by atoms with E-state index >= 15 is 0 Å². The Balaban J connectivity index is 1.49. The fraction of sp³-hybridized carbons (Fsp3) is 0.350. The third-order valence-corrected chi connectivity index (χ3v) is 4.88. The van der Waals surface area contributed by atoms with Crippen molar-refractivity contribution in [2.24, 2.45) is 0 Å². The number of hydrogen-bond acceptors (Lipinski definition) is 5. The highest BCUT2D eigenvalue weighted by molar-refractivity contribution is 6.30. The number of carbonyl (C=O) groups is 1. The molecule has 1 unspecified atom stereocenters. The van der Waals surface area contributed by atoms with Crippen molar-refractivity contribution in [1.82, 2.24) is 10.2 Å². The maximum absolute atomic E-state index is 12.4. The molecule has 1 aliphatic heterocycles. The standard InChI is InChI=1S/C20H24ClN3O3/c21-15-4-1-3-14(11-15)13-24(9-10-25)8-7-22-20(27)18-12-16-17(23-18)5-2-6-19(16)26/h1-6,11,18,23,25-26H,7-10,12-13H2,(H,22,27). The molecule has 6 nitrogen and oxygen atoms in total. The predicted octanol–water partition coefficient (Wildman–Crippen LogP) is 1.99. The van der Waals surface area contributed by atoms with Gasteiger partial charge in [0.15, 0.2) is 0 Å². The van der Waals surface area contributed by atoms with Gasteiger partial charge >= 0.3 is 0 Å². The Hall–Kier alpha value is -2.28. The van der Waals surface area contributed by atoms with E-state index in [2.05, 4.69) is 15.5 Å². The van der Waals surface area contributed by atoms with E-state index in [0.717, 1.165) is 16.8 Å². The molecule has 2 aromatic carbocycles. The number of phenolic OH excluding ortho intramolecular Hbond substituents is 1. The van der Waals surface area contributed by atoms with Gasteiger partial charge < -0.3 is 20.8 Å². The van der Waals surface area contributed by atoms with Gasteiger partial charge in [0.2, 0.25) is 5.91 Å². The van der Waals surface area contributed by atoms with Crippen LogP contribution in [0.5, 0.6) is 5.75 Å². The van der Waals surface area contributed by atoms with Crippen LogP contribution < -0.4 is 10.6 Å². The largest absolute Gasteiger partial charge is 0.508 e. The highest BCUT2D eigenvalue weighted by atomic mass is 35.5. The molecule has 1 atom stereocenters. The first kappa shape index (κ1) is 19.5. The monoisotopic (exact) mass is 389 g/mol. The number of nitrogens with one attached hydrogen (secondary N) is 2. The number of nitrogens with zero attached hydrogens (tertiary/aromatic N) is 1. The van der Waals surface area contributed by atoms with E-state index in [1.807, 2.05) is 30.3 Å². The lowest BCUT2D eigenvalue weighted by molar-refractivity contribution is -0.121. The molecule has 0 bridgehead atoms. The van der Waals surface area contributed by atoms with E-state index in [4.69, 9.17) is 11.6 Å². The lowest BCUT2D eigenvalue weighted by atomic mass is 10.1. The summed E-state index contributed by atoms with van der Waals surface area (Å²) >= 11 is 6.02. The molecule has 3 rings (SSSR count). The number of benzene rings is 2. The smallest absolute Gasteiger partial charge is 0.242 e. The fourth-order valence-electron chi connectivity index (χ4n) is 3.29. The molecule has 0 fully saturated rings. The van der Waals surface area contributed by atoms with Gasteiger partial charge in [-0.15, -0.1) is 0 Å². The van der Waals surface area contributed by atoms with Crippen LogP contribution in [0.15, 0.2) is 42.5 Å². The summed E-state index contributed by atoms with van der Waals surface area (Å²) in [6, 6.07) is 12.5. The molecule has 27 heavy (non-hydrogen) atoms. The third kappa shape index (κ3) is 5.13. The summed E-state index contributed by atoms with van der Waals surface area (Å²) < 4.78 is 0. The Morgan fingerprint density at radius 1 is 1.26 bits per heavy atom. The first-order chi connectivity index (χ1) is 13.1. The van der Waals surface area contributed by atoms with Crippen LogP contribution in [0.1, 0.15) is 11.1 Å². The van der Waals surface area contributed by atoms with Crippen LogP contribution in [0, 0.1) is 0 Å². The average molecular weight is 390 g/mol. The van der Waals surface area contributed by atoms with Gasteiger partial charge in [-0.2, -0.15) is 0 Å². The van der Waals surface area contributed by atoms with Gasteiger partial charge in [0.05, 0.1) is 6.61 Å². The maximum Gasteiger partial charge on any atom is 0.242 e. The SMILES string of the molecule is O=C(NCCN(CCO)Cc1cccc(Cl)c1)C1Cc2c(O)cccc2N1. The molecule has 1 heterocycles. The first-order valence-electron chi connectivity index (χ1n) is 8.99. The molecule has 144 valence electrons. The lowest BCUT2D eigenvalue weighted by Gasteiger charge is -2.22. The number of aliphatic hydroxyl groups excluding tert-OH is 1. The number of rotatable bonds is 8. The number of fused-ring (bicyclic) bond motifs is 1. The maximum atomic E-state index is 12.4. The second-order valence-corrected chi connectivity index (χ2v) is 7.06. The highest BCUT2D eigenvalue weighted by Crippen LogP contribution is 2.32. The number of hydrogen-bond donors (Lipinski definition) is 4. The molecule has 1 amide bonds. The summed E-state index contributed by atoms with van der Waals surface area (Å²) in [7, 11) is 0. The predicted molar refractivity (Wildman–Crippen MR) is 106 cm³/mol. The van der Waals surface area contributed by atoms with E-state index in [-0.39, 0.29) is 24.3 Å². The summed E-state index contributed by atoms with van der Waals surface area (Å²) in [4.78, 5) is 14.5. The van der Waals surface area contributed by atoms with E-state index in [1.54, 1.807) is 12.1 Å². The molecule has 0 aliphatic carbocycles. The molecule has 2 aromatic rings. The van der Waals surface area contributed by atoms with Gasteiger partial charge in [0.25, 0.3) is 0 Å². The molecule has 0 aromatic heterocycles. The van der Waals surface area contributed by atoms with Crippen LogP contribution in [0.3, 0.4) is 0 Å². The number of aromatic hydroxyl groups is 1. The van der Waals surface area contributed by atoms with Crippen LogP contribution >= 0.6 is 11.6 Å². The van der Waals surface area contributed by atoms with Crippen molar-refractivity contribution < 1.29 is 15.0 Å². The Kier molecular flexibility index (Phi) is 6.55. The van der Waals surface area contributed by atoms with Crippen LogP contribution in [0.2, 0.25) is 5.02 Å². The fourth-order valence-corrected chi connectivity index (χ4v) is 3.50. The summed E-state index contributed by atoms with van der Waals surface area (Å²) in [5.41, 5.74) is 2.64. The molecule has 0 radical (unpaired) electrons. The quantitative estimate of drug-likeness (QED) is 0.555. The Labute approximate surface area is 163 Å². The van der Waals surface area contributed by atoms with Gasteiger partial charge in [0.1, 0.15) is 11.8 Å². The van der Waals surface area contributed by atoms with Crippen molar-refractivity contribution in [3.05, 3.63) is 58.6 Å². The Bertz CT molecular complexity index is 800. The van der Waals surface area contributed by atoms with Crippen molar-refractivity contribution in [1.29, 1.82) is 0 Å². The second kappa shape index (κ2) is 9.08. The van der Waals surface area contributed by atoms with Crippen molar-refractivity contribution in [2.75, 3.05) is 31.6 Å². The zero-order valence-electron chi connectivity index (χ0n) is 15.0. The summed E-state index contributed by atoms with van der Waals surface area (Å²) in [5, 5.41) is 25.9. The van der Waals surface area contributed by atoms with Crippen molar-refractivity contribution in [3.63, 3.8) is 0 Å². The van der Waals surface area contributed by atoms with Crippen LogP contribution in [-0.4, -0.2) is 53.3 Å². The molecular weight excluding hydrogens is 366 g/mol. The van der Waals surface area contributed by atoms with Crippen LogP contribution in [0.25, 0.3) is 0 Å². The number of aliphatic hydroxyl groups is 1. The minimum absolute atomic E-state index is 0.0489. The highest BCUT2D eigenvalue weighted by Gasteiger charge is 2.28. The molecule has 0 spiro atoms. The van der Waals surface area contributed by atoms with E-state index in [1.165, 1.54) is 0 Å². The number of phenols is 1. The molecule has 0 saturated heterocycles. The minimum atomic E-state index is -0.382.